The number of fused-ring (bicyclic) bond motifs is 3. The van der Waals surface area contributed by atoms with Gasteiger partial charge in [-0.2, -0.15) is 0 Å². The number of hydrogen-bond donors (Lipinski definition) is 4. The van der Waals surface area contributed by atoms with Crippen LogP contribution in [0.4, 0.5) is 4.79 Å². The smallest absolute Gasteiger partial charge is 0.407 e. The number of carboxylic acid groups (broad SMARTS) is 1. The number of aliphatic hydroxyl groups excluding tert-OH is 1. The second kappa shape index (κ2) is 10.2. The van der Waals surface area contributed by atoms with Crippen molar-refractivity contribution in [2.24, 2.45) is 0 Å². The summed E-state index contributed by atoms with van der Waals surface area (Å²) >= 11 is 0. The lowest BCUT2D eigenvalue weighted by Crippen LogP contribution is -2.36. The SMILES string of the molecule is O=C(NCc1ccc(C(=O)NCC(O)C(=O)O)cc1)OCC1c2ccccc2-c2ccccc21. The third kappa shape index (κ3) is 5.07. The number of benzene rings is 3. The van der Waals surface area contributed by atoms with Gasteiger partial charge in [-0.15, -0.1) is 0 Å². The fraction of sp³-hybridized carbons (Fsp3) is 0.192. The van der Waals surface area contributed by atoms with E-state index in [-0.39, 0.29) is 25.6 Å². The lowest BCUT2D eigenvalue weighted by atomic mass is 9.98. The van der Waals surface area contributed by atoms with Crippen LogP contribution in [0, 0.1) is 0 Å². The molecule has 0 bridgehead atoms. The summed E-state index contributed by atoms with van der Waals surface area (Å²) in [5.41, 5.74) is 5.67. The second-order valence-electron chi connectivity index (χ2n) is 7.94. The molecule has 0 heterocycles. The van der Waals surface area contributed by atoms with E-state index in [0.717, 1.165) is 27.8 Å². The van der Waals surface area contributed by atoms with Crippen molar-refractivity contribution in [3.05, 3.63) is 95.1 Å². The average molecular weight is 460 g/mol. The molecule has 0 spiro atoms. The third-order valence-corrected chi connectivity index (χ3v) is 5.74. The molecular weight excluding hydrogens is 436 g/mol. The zero-order chi connectivity index (χ0) is 24.1. The van der Waals surface area contributed by atoms with Gasteiger partial charge in [-0.25, -0.2) is 9.59 Å². The molecule has 1 aliphatic rings. The van der Waals surface area contributed by atoms with E-state index in [1.165, 1.54) is 0 Å². The molecule has 3 aromatic rings. The van der Waals surface area contributed by atoms with Crippen LogP contribution in [0.1, 0.15) is 33.0 Å². The molecule has 8 heteroatoms. The summed E-state index contributed by atoms with van der Waals surface area (Å²) in [4.78, 5) is 34.9. The molecular formula is C26H24N2O6. The first-order valence-electron chi connectivity index (χ1n) is 10.8. The number of nitrogens with one attached hydrogen (secondary N) is 2. The highest BCUT2D eigenvalue weighted by atomic mass is 16.5. The Labute approximate surface area is 196 Å². The number of amides is 2. The van der Waals surface area contributed by atoms with Gasteiger partial charge in [0.15, 0.2) is 6.10 Å². The number of aliphatic hydroxyl groups is 1. The van der Waals surface area contributed by atoms with Gasteiger partial charge in [-0.1, -0.05) is 60.7 Å². The first kappa shape index (κ1) is 23.0. The van der Waals surface area contributed by atoms with Crippen molar-refractivity contribution in [1.29, 1.82) is 0 Å². The van der Waals surface area contributed by atoms with Crippen LogP contribution in [-0.2, 0) is 16.1 Å². The number of aliphatic carboxylic acids is 1. The molecule has 1 aliphatic carbocycles. The number of alkyl carbamates (subject to hydrolysis) is 1. The van der Waals surface area contributed by atoms with Gasteiger partial charge < -0.3 is 25.6 Å². The summed E-state index contributed by atoms with van der Waals surface area (Å²) in [6.45, 7) is 0.0523. The van der Waals surface area contributed by atoms with Crippen molar-refractivity contribution < 1.29 is 29.3 Å². The van der Waals surface area contributed by atoms with Gasteiger partial charge in [0.05, 0.1) is 6.54 Å². The molecule has 1 unspecified atom stereocenters. The zero-order valence-corrected chi connectivity index (χ0v) is 18.2. The molecule has 0 radical (unpaired) electrons. The van der Waals surface area contributed by atoms with E-state index in [1.807, 2.05) is 24.3 Å². The summed E-state index contributed by atoms with van der Waals surface area (Å²) in [6, 6.07) is 22.7. The van der Waals surface area contributed by atoms with Crippen molar-refractivity contribution in [1.82, 2.24) is 10.6 Å². The van der Waals surface area contributed by atoms with Gasteiger partial charge in [0.2, 0.25) is 0 Å². The van der Waals surface area contributed by atoms with Crippen molar-refractivity contribution in [3.63, 3.8) is 0 Å². The second-order valence-corrected chi connectivity index (χ2v) is 7.94. The van der Waals surface area contributed by atoms with E-state index >= 15 is 0 Å². The van der Waals surface area contributed by atoms with Crippen LogP contribution in [0.2, 0.25) is 0 Å². The predicted molar refractivity (Wildman–Crippen MR) is 124 cm³/mol. The fourth-order valence-corrected chi connectivity index (χ4v) is 3.98. The maximum atomic E-state index is 12.3. The van der Waals surface area contributed by atoms with E-state index in [1.54, 1.807) is 24.3 Å². The normalized spacial score (nSPS) is 12.9. The molecule has 0 saturated carbocycles. The minimum absolute atomic E-state index is 0.0180. The average Bonchev–Trinajstić information content (AvgIpc) is 3.18. The molecule has 0 fully saturated rings. The quantitative estimate of drug-likeness (QED) is 0.410. The molecule has 1 atom stereocenters. The molecule has 2 amide bonds. The Kier molecular flexibility index (Phi) is 6.89. The summed E-state index contributed by atoms with van der Waals surface area (Å²) in [7, 11) is 0. The van der Waals surface area contributed by atoms with E-state index in [9.17, 15) is 19.5 Å². The molecule has 0 saturated heterocycles. The highest BCUT2D eigenvalue weighted by Gasteiger charge is 2.28. The molecule has 34 heavy (non-hydrogen) atoms. The van der Waals surface area contributed by atoms with Crippen LogP contribution in [-0.4, -0.2) is 47.4 Å². The van der Waals surface area contributed by atoms with Crippen LogP contribution in [0.5, 0.6) is 0 Å². The minimum atomic E-state index is -1.66. The van der Waals surface area contributed by atoms with E-state index in [2.05, 4.69) is 34.9 Å². The van der Waals surface area contributed by atoms with Crippen LogP contribution < -0.4 is 10.6 Å². The van der Waals surface area contributed by atoms with Gasteiger partial charge >= 0.3 is 12.1 Å². The van der Waals surface area contributed by atoms with Gasteiger partial charge in [0.25, 0.3) is 5.91 Å². The van der Waals surface area contributed by atoms with Gasteiger partial charge in [0, 0.05) is 18.0 Å². The standard InChI is InChI=1S/C26H24N2O6/c29-23(25(31)32)14-27-24(30)17-11-9-16(10-12-17)13-28-26(33)34-15-22-20-7-3-1-5-18(20)19-6-2-4-8-21(19)22/h1-12,22-23,29H,13-15H2,(H,27,30)(H,28,33)(H,31,32). The van der Waals surface area contributed by atoms with E-state index < -0.39 is 24.1 Å². The lowest BCUT2D eigenvalue weighted by molar-refractivity contribution is -0.146. The number of rotatable bonds is 8. The molecule has 3 aromatic carbocycles. The lowest BCUT2D eigenvalue weighted by Gasteiger charge is -2.14. The Bertz CT molecular complexity index is 1160. The maximum Gasteiger partial charge on any atom is 0.407 e. The Hall–Kier alpha value is -4.17. The summed E-state index contributed by atoms with van der Waals surface area (Å²) in [5, 5.41) is 22.9. The zero-order valence-electron chi connectivity index (χ0n) is 18.2. The topological polar surface area (TPSA) is 125 Å². The Morgan fingerprint density at radius 3 is 2.03 bits per heavy atom. The Morgan fingerprint density at radius 2 is 1.44 bits per heavy atom. The number of carbonyl (C=O) groups is 3. The van der Waals surface area contributed by atoms with Gasteiger partial charge in [-0.3, -0.25) is 4.79 Å². The first-order valence-corrected chi connectivity index (χ1v) is 10.8. The highest BCUT2D eigenvalue weighted by Crippen LogP contribution is 2.44. The molecule has 4 rings (SSSR count). The molecule has 0 aliphatic heterocycles. The molecule has 4 N–H and O–H groups in total. The van der Waals surface area contributed by atoms with E-state index in [0.29, 0.717) is 5.56 Å². The largest absolute Gasteiger partial charge is 0.479 e. The minimum Gasteiger partial charge on any atom is -0.479 e. The van der Waals surface area contributed by atoms with E-state index in [4.69, 9.17) is 9.84 Å². The Balaban J connectivity index is 1.28. The van der Waals surface area contributed by atoms with Crippen molar-refractivity contribution in [3.8, 4) is 11.1 Å². The molecule has 8 nitrogen and oxygen atoms in total. The monoisotopic (exact) mass is 460 g/mol. The van der Waals surface area contributed by atoms with Crippen LogP contribution in [0.3, 0.4) is 0 Å². The Morgan fingerprint density at radius 1 is 0.853 bits per heavy atom. The summed E-state index contributed by atoms with van der Waals surface area (Å²) in [6.07, 6.45) is -2.20. The number of ether oxygens (including phenoxy) is 1. The number of hydrogen-bond acceptors (Lipinski definition) is 5. The van der Waals surface area contributed by atoms with Crippen LogP contribution in [0.25, 0.3) is 11.1 Å². The van der Waals surface area contributed by atoms with Crippen molar-refractivity contribution in [2.75, 3.05) is 13.2 Å². The summed E-state index contributed by atoms with van der Waals surface area (Å²) in [5.74, 6) is -1.93. The van der Waals surface area contributed by atoms with Crippen molar-refractivity contribution >= 4 is 18.0 Å². The maximum absolute atomic E-state index is 12.3. The third-order valence-electron chi connectivity index (χ3n) is 5.74. The number of carboxylic acids is 1. The molecule has 0 aromatic heterocycles. The van der Waals surface area contributed by atoms with Crippen LogP contribution >= 0.6 is 0 Å². The van der Waals surface area contributed by atoms with Crippen LogP contribution in [0.15, 0.2) is 72.8 Å². The fourth-order valence-electron chi connectivity index (χ4n) is 3.98. The summed E-state index contributed by atoms with van der Waals surface area (Å²) < 4.78 is 5.51. The van der Waals surface area contributed by atoms with Crippen molar-refractivity contribution in [2.45, 2.75) is 18.6 Å². The number of carbonyl (C=O) groups excluding carboxylic acids is 2. The first-order chi connectivity index (χ1) is 16.4. The van der Waals surface area contributed by atoms with Gasteiger partial charge in [0.1, 0.15) is 6.61 Å². The highest BCUT2D eigenvalue weighted by molar-refractivity contribution is 5.94. The predicted octanol–water partition coefficient (Wildman–Crippen LogP) is 2.90. The molecule has 174 valence electrons. The van der Waals surface area contributed by atoms with Gasteiger partial charge in [-0.05, 0) is 39.9 Å².